The Bertz CT molecular complexity index is 668. The van der Waals surface area contributed by atoms with Crippen LogP contribution in [0.1, 0.15) is 34.3 Å². The molecule has 1 heterocycles. The van der Waals surface area contributed by atoms with Crippen molar-refractivity contribution in [1.29, 1.82) is 0 Å². The molecular weight excluding hydrogens is 294 g/mol. The lowest BCUT2D eigenvalue weighted by atomic mass is 10.1. The summed E-state index contributed by atoms with van der Waals surface area (Å²) in [4.78, 5) is 11.1. The number of sulfonamides is 1. The topological polar surface area (TPSA) is 94.9 Å². The lowest BCUT2D eigenvalue weighted by Gasteiger charge is -2.30. The van der Waals surface area contributed by atoms with E-state index in [0.29, 0.717) is 30.5 Å². The average molecular weight is 313 g/mol. The third-order valence-corrected chi connectivity index (χ3v) is 5.84. The van der Waals surface area contributed by atoms with Crippen LogP contribution in [-0.4, -0.2) is 48.1 Å². The van der Waals surface area contributed by atoms with Gasteiger partial charge in [0.2, 0.25) is 10.0 Å². The highest BCUT2D eigenvalue weighted by Crippen LogP contribution is 2.26. The van der Waals surface area contributed by atoms with Gasteiger partial charge in [-0.2, -0.15) is 4.31 Å². The molecule has 6 nitrogen and oxygen atoms in total. The third kappa shape index (κ3) is 3.09. The van der Waals surface area contributed by atoms with E-state index in [0.717, 1.165) is 0 Å². The van der Waals surface area contributed by atoms with Crippen molar-refractivity contribution in [3.63, 3.8) is 0 Å². The highest BCUT2D eigenvalue weighted by Gasteiger charge is 2.31. The number of hydrogen-bond donors (Lipinski definition) is 2. The fraction of sp³-hybridized carbons (Fsp3) is 0.500. The predicted molar refractivity (Wildman–Crippen MR) is 76.9 cm³/mol. The van der Waals surface area contributed by atoms with Gasteiger partial charge < -0.3 is 10.2 Å². The van der Waals surface area contributed by atoms with Crippen molar-refractivity contribution in [1.82, 2.24) is 4.31 Å². The number of rotatable bonds is 3. The van der Waals surface area contributed by atoms with E-state index in [1.165, 1.54) is 16.4 Å². The van der Waals surface area contributed by atoms with Gasteiger partial charge in [0.25, 0.3) is 0 Å². The maximum atomic E-state index is 12.7. The standard InChI is InChI=1S/C14H19NO5S/c1-9-6-11(14(17)18)7-13(10(9)2)21(19,20)15-5-3-4-12(16)8-15/h6-7,12,16H,3-5,8H2,1-2H3,(H,17,18)/t12-/m0/s1. The van der Waals surface area contributed by atoms with Crippen molar-refractivity contribution < 1.29 is 23.4 Å². The van der Waals surface area contributed by atoms with Crippen molar-refractivity contribution in [2.24, 2.45) is 0 Å². The highest BCUT2D eigenvalue weighted by molar-refractivity contribution is 7.89. The molecule has 2 rings (SSSR count). The van der Waals surface area contributed by atoms with Gasteiger partial charge in [0.1, 0.15) is 0 Å². The van der Waals surface area contributed by atoms with Gasteiger partial charge in [-0.15, -0.1) is 0 Å². The Hall–Kier alpha value is -1.44. The number of benzene rings is 1. The SMILES string of the molecule is Cc1cc(C(=O)O)cc(S(=O)(=O)N2CCC[C@H](O)C2)c1C. The molecule has 1 saturated heterocycles. The van der Waals surface area contributed by atoms with Crippen LogP contribution < -0.4 is 0 Å². The molecule has 2 N–H and O–H groups in total. The summed E-state index contributed by atoms with van der Waals surface area (Å²) in [5, 5.41) is 18.8. The van der Waals surface area contributed by atoms with E-state index in [1.54, 1.807) is 13.8 Å². The summed E-state index contributed by atoms with van der Waals surface area (Å²) < 4.78 is 26.6. The van der Waals surface area contributed by atoms with Crippen molar-refractivity contribution >= 4 is 16.0 Å². The molecule has 21 heavy (non-hydrogen) atoms. The van der Waals surface area contributed by atoms with Crippen molar-refractivity contribution in [2.75, 3.05) is 13.1 Å². The number of aliphatic hydroxyl groups is 1. The molecule has 7 heteroatoms. The first-order valence-corrected chi connectivity index (χ1v) is 8.20. The van der Waals surface area contributed by atoms with E-state index < -0.39 is 22.1 Å². The van der Waals surface area contributed by atoms with Gasteiger partial charge in [-0.25, -0.2) is 13.2 Å². The lowest BCUT2D eigenvalue weighted by Crippen LogP contribution is -2.42. The van der Waals surface area contributed by atoms with Gasteiger partial charge in [-0.3, -0.25) is 0 Å². The lowest BCUT2D eigenvalue weighted by molar-refractivity contribution is 0.0696. The molecule has 0 saturated carbocycles. The van der Waals surface area contributed by atoms with Crippen LogP contribution in [0.25, 0.3) is 0 Å². The minimum atomic E-state index is -3.79. The molecule has 1 aliphatic rings. The normalized spacial score (nSPS) is 20.4. The molecule has 0 amide bonds. The Kier molecular flexibility index (Phi) is 4.36. The molecule has 0 spiro atoms. The molecule has 0 bridgehead atoms. The van der Waals surface area contributed by atoms with Crippen molar-refractivity contribution in [2.45, 2.75) is 37.7 Å². The molecule has 1 aliphatic heterocycles. The molecule has 116 valence electrons. The summed E-state index contributed by atoms with van der Waals surface area (Å²) in [6, 6.07) is 2.66. The van der Waals surface area contributed by atoms with Crippen molar-refractivity contribution in [3.05, 3.63) is 28.8 Å². The first kappa shape index (κ1) is 15.9. The minimum Gasteiger partial charge on any atom is -0.478 e. The van der Waals surface area contributed by atoms with Crippen LogP contribution in [0.3, 0.4) is 0 Å². The minimum absolute atomic E-state index is 0.00833. The van der Waals surface area contributed by atoms with Crippen LogP contribution in [0, 0.1) is 13.8 Å². The maximum absolute atomic E-state index is 12.7. The van der Waals surface area contributed by atoms with Gasteiger partial charge in [0.15, 0.2) is 0 Å². The first-order chi connectivity index (χ1) is 9.73. The van der Waals surface area contributed by atoms with E-state index in [2.05, 4.69) is 0 Å². The summed E-state index contributed by atoms with van der Waals surface area (Å²) in [6.45, 7) is 3.74. The van der Waals surface area contributed by atoms with Gasteiger partial charge >= 0.3 is 5.97 Å². The third-order valence-electron chi connectivity index (χ3n) is 3.84. The number of piperidine rings is 1. The van der Waals surface area contributed by atoms with Crippen LogP contribution in [0.5, 0.6) is 0 Å². The molecule has 1 aromatic carbocycles. The summed E-state index contributed by atoms with van der Waals surface area (Å²) in [5.74, 6) is -1.16. The number of carboxylic acid groups (broad SMARTS) is 1. The van der Waals surface area contributed by atoms with E-state index >= 15 is 0 Å². The number of carbonyl (C=O) groups is 1. The van der Waals surface area contributed by atoms with E-state index in [4.69, 9.17) is 5.11 Å². The largest absolute Gasteiger partial charge is 0.478 e. The van der Waals surface area contributed by atoms with Gasteiger partial charge in [0, 0.05) is 13.1 Å². The Morgan fingerprint density at radius 2 is 2.00 bits per heavy atom. The number of aromatic carboxylic acids is 1. The quantitative estimate of drug-likeness (QED) is 0.873. The zero-order chi connectivity index (χ0) is 15.8. The zero-order valence-electron chi connectivity index (χ0n) is 12.0. The first-order valence-electron chi connectivity index (χ1n) is 6.76. The highest BCUT2D eigenvalue weighted by atomic mass is 32.2. The monoisotopic (exact) mass is 313 g/mol. The van der Waals surface area contributed by atoms with Gasteiger partial charge in [0.05, 0.1) is 16.6 Å². The smallest absolute Gasteiger partial charge is 0.335 e. The maximum Gasteiger partial charge on any atom is 0.335 e. The van der Waals surface area contributed by atoms with Gasteiger partial charge in [-0.1, -0.05) is 0 Å². The van der Waals surface area contributed by atoms with Crippen LogP contribution in [0.2, 0.25) is 0 Å². The summed E-state index contributed by atoms with van der Waals surface area (Å²) >= 11 is 0. The molecule has 0 radical (unpaired) electrons. The molecule has 0 aliphatic carbocycles. The molecule has 1 fully saturated rings. The Balaban J connectivity index is 2.51. The number of β-amino-alcohol motifs (C(OH)–C–C–N with tert-alkyl or cyclic N) is 1. The second-order valence-electron chi connectivity index (χ2n) is 5.38. The summed E-state index contributed by atoms with van der Waals surface area (Å²) in [7, 11) is -3.79. The number of hydrogen-bond acceptors (Lipinski definition) is 4. The van der Waals surface area contributed by atoms with E-state index in [-0.39, 0.29) is 17.0 Å². The average Bonchev–Trinajstić information content (AvgIpc) is 2.41. The van der Waals surface area contributed by atoms with E-state index in [1.807, 2.05) is 0 Å². The van der Waals surface area contributed by atoms with Crippen LogP contribution in [0.4, 0.5) is 0 Å². The number of carboxylic acids is 1. The molecule has 0 unspecified atom stereocenters. The Morgan fingerprint density at radius 1 is 1.33 bits per heavy atom. The Labute approximate surface area is 124 Å². The molecular formula is C14H19NO5S. The van der Waals surface area contributed by atoms with Crippen LogP contribution in [0.15, 0.2) is 17.0 Å². The number of aliphatic hydroxyl groups excluding tert-OH is 1. The fourth-order valence-electron chi connectivity index (χ4n) is 2.50. The second kappa shape index (κ2) is 5.75. The molecule has 1 atom stereocenters. The fourth-order valence-corrected chi connectivity index (χ4v) is 4.34. The number of aryl methyl sites for hydroxylation is 1. The van der Waals surface area contributed by atoms with Crippen LogP contribution in [-0.2, 0) is 10.0 Å². The van der Waals surface area contributed by atoms with Gasteiger partial charge in [-0.05, 0) is 49.9 Å². The summed E-state index contributed by atoms with van der Waals surface area (Å²) in [6.07, 6.45) is 0.508. The summed E-state index contributed by atoms with van der Waals surface area (Å²) in [5.41, 5.74) is 1.11. The van der Waals surface area contributed by atoms with Crippen LogP contribution >= 0.6 is 0 Å². The van der Waals surface area contributed by atoms with Crippen molar-refractivity contribution in [3.8, 4) is 0 Å². The second-order valence-corrected chi connectivity index (χ2v) is 7.29. The Morgan fingerprint density at radius 3 is 2.57 bits per heavy atom. The molecule has 0 aromatic heterocycles. The molecule has 1 aromatic rings. The predicted octanol–water partition coefficient (Wildman–Crippen LogP) is 1.15. The zero-order valence-corrected chi connectivity index (χ0v) is 12.9. The number of nitrogens with zero attached hydrogens (tertiary/aromatic N) is 1. The van der Waals surface area contributed by atoms with E-state index in [9.17, 15) is 18.3 Å².